The topological polar surface area (TPSA) is 47.8 Å². The maximum Gasteiger partial charge on any atom is 0.208 e. The average molecular weight is 233 g/mol. The van der Waals surface area contributed by atoms with Gasteiger partial charge >= 0.3 is 0 Å². The van der Waals surface area contributed by atoms with Crippen LogP contribution in [0.15, 0.2) is 17.8 Å². The summed E-state index contributed by atoms with van der Waals surface area (Å²) in [6.45, 7) is 2.83. The minimum atomic E-state index is 0.116. The second-order valence-electron chi connectivity index (χ2n) is 4.50. The van der Waals surface area contributed by atoms with Gasteiger partial charge in [0.25, 0.3) is 0 Å². The highest BCUT2D eigenvalue weighted by atomic mass is 16.1. The molecule has 0 N–H and O–H groups in total. The summed E-state index contributed by atoms with van der Waals surface area (Å²) in [5, 5.41) is 7.81. The molecular formula is C13H19N3O. The van der Waals surface area contributed by atoms with Gasteiger partial charge in [-0.3, -0.25) is 4.79 Å². The van der Waals surface area contributed by atoms with Crippen molar-refractivity contribution in [1.29, 1.82) is 0 Å². The first-order valence-corrected chi connectivity index (χ1v) is 6.45. The number of carbonyl (C=O) groups is 1. The van der Waals surface area contributed by atoms with Crippen LogP contribution in [0.3, 0.4) is 0 Å². The molecule has 92 valence electrons. The molecule has 1 aromatic heterocycles. The molecule has 0 saturated carbocycles. The molecule has 0 amide bonds. The third kappa shape index (κ3) is 2.81. The first kappa shape index (κ1) is 12.0. The number of ketones is 1. The number of hydrogen-bond donors (Lipinski definition) is 0. The molecule has 0 spiro atoms. The molecule has 1 aromatic rings. The molecule has 1 heterocycles. The summed E-state index contributed by atoms with van der Waals surface area (Å²) in [6.07, 6.45) is 10.1. The van der Waals surface area contributed by atoms with Crippen molar-refractivity contribution in [2.75, 3.05) is 0 Å². The summed E-state index contributed by atoms with van der Waals surface area (Å²) in [6, 6.07) is 0. The second-order valence-corrected chi connectivity index (χ2v) is 4.50. The summed E-state index contributed by atoms with van der Waals surface area (Å²) in [5.74, 6) is 0.116. The normalized spacial score (nSPS) is 16.4. The number of Topliss-reactive ketones (excluding diaryl/α,β-unsaturated/α-hetero) is 1. The van der Waals surface area contributed by atoms with Crippen LogP contribution < -0.4 is 0 Å². The van der Waals surface area contributed by atoms with E-state index in [1.807, 2.05) is 0 Å². The van der Waals surface area contributed by atoms with Crippen molar-refractivity contribution in [2.45, 2.75) is 52.0 Å². The van der Waals surface area contributed by atoms with Gasteiger partial charge in [-0.2, -0.15) is 0 Å². The van der Waals surface area contributed by atoms with Crippen LogP contribution in [0.5, 0.6) is 0 Å². The fourth-order valence-corrected chi connectivity index (χ4v) is 2.20. The lowest BCUT2D eigenvalue weighted by atomic mass is 10.0. The van der Waals surface area contributed by atoms with Gasteiger partial charge in [-0.1, -0.05) is 24.6 Å². The van der Waals surface area contributed by atoms with Gasteiger partial charge in [-0.15, -0.1) is 5.10 Å². The number of hydrogen-bond acceptors (Lipinski definition) is 3. The standard InChI is InChI=1S/C13H19N3O/c1-2-9-16-12(10-14-15-16)13(17)11-7-5-3-4-6-8-11/h7,10H,2-6,8-9H2,1H3. The van der Waals surface area contributed by atoms with Crippen molar-refractivity contribution in [3.8, 4) is 0 Å². The summed E-state index contributed by atoms with van der Waals surface area (Å²) in [7, 11) is 0. The molecule has 4 nitrogen and oxygen atoms in total. The largest absolute Gasteiger partial charge is 0.287 e. The Labute approximate surface area is 102 Å². The smallest absolute Gasteiger partial charge is 0.208 e. The van der Waals surface area contributed by atoms with Crippen molar-refractivity contribution in [2.24, 2.45) is 0 Å². The zero-order valence-corrected chi connectivity index (χ0v) is 10.4. The van der Waals surface area contributed by atoms with E-state index in [2.05, 4.69) is 23.3 Å². The first-order valence-electron chi connectivity index (χ1n) is 6.45. The van der Waals surface area contributed by atoms with Gasteiger partial charge in [0.15, 0.2) is 0 Å². The molecule has 4 heteroatoms. The van der Waals surface area contributed by atoms with Gasteiger partial charge in [0.2, 0.25) is 5.78 Å². The Morgan fingerprint density at radius 2 is 2.29 bits per heavy atom. The van der Waals surface area contributed by atoms with Gasteiger partial charge < -0.3 is 0 Å². The summed E-state index contributed by atoms with van der Waals surface area (Å²) < 4.78 is 1.72. The van der Waals surface area contributed by atoms with Crippen LogP contribution >= 0.6 is 0 Å². The van der Waals surface area contributed by atoms with E-state index in [1.165, 1.54) is 12.8 Å². The van der Waals surface area contributed by atoms with Gasteiger partial charge in [0, 0.05) is 6.54 Å². The molecular weight excluding hydrogens is 214 g/mol. The molecule has 0 fully saturated rings. The maximum atomic E-state index is 12.3. The molecule has 1 aliphatic carbocycles. The highest BCUT2D eigenvalue weighted by molar-refractivity contribution is 6.07. The zero-order valence-electron chi connectivity index (χ0n) is 10.4. The fraction of sp³-hybridized carbons (Fsp3) is 0.615. The maximum absolute atomic E-state index is 12.3. The molecule has 1 aliphatic rings. The average Bonchev–Trinajstić information content (AvgIpc) is 2.63. The van der Waals surface area contributed by atoms with E-state index in [9.17, 15) is 4.79 Å². The molecule has 2 rings (SSSR count). The van der Waals surface area contributed by atoms with E-state index >= 15 is 0 Å². The molecule has 0 radical (unpaired) electrons. The van der Waals surface area contributed by atoms with Crippen LogP contribution in [0.25, 0.3) is 0 Å². The lowest BCUT2D eigenvalue weighted by Gasteiger charge is -2.06. The molecule has 0 bridgehead atoms. The number of aryl methyl sites for hydroxylation is 1. The van der Waals surface area contributed by atoms with Gasteiger partial charge in [-0.05, 0) is 37.7 Å². The highest BCUT2D eigenvalue weighted by Crippen LogP contribution is 2.20. The van der Waals surface area contributed by atoms with Crippen LogP contribution in [0.2, 0.25) is 0 Å². The van der Waals surface area contributed by atoms with E-state index < -0.39 is 0 Å². The fourth-order valence-electron chi connectivity index (χ4n) is 2.20. The van der Waals surface area contributed by atoms with E-state index in [-0.39, 0.29) is 5.78 Å². The molecule has 0 aromatic carbocycles. The lowest BCUT2D eigenvalue weighted by molar-refractivity contribution is 0.102. The molecule has 0 aliphatic heterocycles. The molecule has 0 unspecified atom stereocenters. The summed E-state index contributed by atoms with van der Waals surface area (Å²) in [5.41, 5.74) is 1.59. The minimum Gasteiger partial charge on any atom is -0.287 e. The van der Waals surface area contributed by atoms with Crippen LogP contribution in [0.4, 0.5) is 0 Å². The Bertz CT molecular complexity index is 420. The van der Waals surface area contributed by atoms with E-state index in [0.717, 1.165) is 37.8 Å². The lowest BCUT2D eigenvalue weighted by Crippen LogP contribution is -2.12. The molecule has 17 heavy (non-hydrogen) atoms. The van der Waals surface area contributed by atoms with Crippen LogP contribution in [-0.4, -0.2) is 20.8 Å². The van der Waals surface area contributed by atoms with Crippen molar-refractivity contribution in [1.82, 2.24) is 15.0 Å². The molecule has 0 saturated heterocycles. The Balaban J connectivity index is 2.17. The predicted octanol–water partition coefficient (Wildman–Crippen LogP) is 2.76. The van der Waals surface area contributed by atoms with E-state index in [1.54, 1.807) is 10.9 Å². The van der Waals surface area contributed by atoms with Crippen molar-refractivity contribution >= 4 is 5.78 Å². The third-order valence-corrected chi connectivity index (χ3v) is 3.12. The Morgan fingerprint density at radius 3 is 3.12 bits per heavy atom. The molecule has 0 atom stereocenters. The van der Waals surface area contributed by atoms with Gasteiger partial charge in [0.1, 0.15) is 5.69 Å². The predicted molar refractivity (Wildman–Crippen MR) is 65.8 cm³/mol. The first-order chi connectivity index (χ1) is 8.33. The third-order valence-electron chi connectivity index (χ3n) is 3.12. The minimum absolute atomic E-state index is 0.116. The van der Waals surface area contributed by atoms with Crippen LogP contribution in [-0.2, 0) is 6.54 Å². The number of nitrogens with zero attached hydrogens (tertiary/aromatic N) is 3. The van der Waals surface area contributed by atoms with Gasteiger partial charge in [-0.25, -0.2) is 4.68 Å². The Morgan fingerprint density at radius 1 is 1.41 bits per heavy atom. The monoisotopic (exact) mass is 233 g/mol. The Kier molecular flexibility index (Phi) is 4.07. The van der Waals surface area contributed by atoms with E-state index in [4.69, 9.17) is 0 Å². The Hall–Kier alpha value is -1.45. The van der Waals surface area contributed by atoms with Crippen molar-refractivity contribution in [3.63, 3.8) is 0 Å². The highest BCUT2D eigenvalue weighted by Gasteiger charge is 2.18. The number of carbonyl (C=O) groups excluding carboxylic acids is 1. The number of aromatic nitrogens is 3. The van der Waals surface area contributed by atoms with E-state index in [0.29, 0.717) is 5.69 Å². The summed E-state index contributed by atoms with van der Waals surface area (Å²) in [4.78, 5) is 12.3. The SMILES string of the molecule is CCCn1nncc1C(=O)C1=CCCCCC1. The summed E-state index contributed by atoms with van der Waals surface area (Å²) >= 11 is 0. The number of rotatable bonds is 4. The zero-order chi connectivity index (χ0) is 12.1. The second kappa shape index (κ2) is 5.75. The van der Waals surface area contributed by atoms with Gasteiger partial charge in [0.05, 0.1) is 6.20 Å². The van der Waals surface area contributed by atoms with Crippen molar-refractivity contribution in [3.05, 3.63) is 23.5 Å². The van der Waals surface area contributed by atoms with Crippen LogP contribution in [0.1, 0.15) is 55.9 Å². The van der Waals surface area contributed by atoms with Crippen LogP contribution in [0, 0.1) is 0 Å². The van der Waals surface area contributed by atoms with Crippen molar-refractivity contribution < 1.29 is 4.79 Å². The number of allylic oxidation sites excluding steroid dienone is 2. The quantitative estimate of drug-likeness (QED) is 0.751.